The first-order valence-electron chi connectivity index (χ1n) is 10.8. The van der Waals surface area contributed by atoms with Gasteiger partial charge < -0.3 is 4.74 Å². The smallest absolute Gasteiger partial charge is 0.288 e. The van der Waals surface area contributed by atoms with Gasteiger partial charge in [-0.2, -0.15) is 0 Å². The molecule has 35 heavy (non-hydrogen) atoms. The molecule has 7 nitrogen and oxygen atoms in total. The van der Waals surface area contributed by atoms with Gasteiger partial charge in [0.1, 0.15) is 11.4 Å². The second-order valence-electron chi connectivity index (χ2n) is 8.27. The van der Waals surface area contributed by atoms with Crippen LogP contribution in [0.5, 0.6) is 5.75 Å². The summed E-state index contributed by atoms with van der Waals surface area (Å²) in [6, 6.07) is 23.9. The molecule has 1 heterocycles. The summed E-state index contributed by atoms with van der Waals surface area (Å²) in [4.78, 5) is 42.0. The molecule has 0 saturated heterocycles. The van der Waals surface area contributed by atoms with E-state index in [9.17, 15) is 14.4 Å². The van der Waals surface area contributed by atoms with Crippen molar-refractivity contribution in [2.75, 3.05) is 0 Å². The summed E-state index contributed by atoms with van der Waals surface area (Å²) in [6.07, 6.45) is 0. The van der Waals surface area contributed by atoms with E-state index in [1.807, 2.05) is 18.2 Å². The SMILES string of the molecule is CC(C)(Oc1ccc(C(=O)c2ccc(Cl)cc2)cc1)C(=O)NNC(=O)c1ccc2ccccc2n1. The van der Waals surface area contributed by atoms with Crippen LogP contribution in [0, 0.1) is 0 Å². The van der Waals surface area contributed by atoms with Crippen molar-refractivity contribution >= 4 is 40.1 Å². The fourth-order valence-corrected chi connectivity index (χ4v) is 3.43. The van der Waals surface area contributed by atoms with Crippen molar-refractivity contribution < 1.29 is 19.1 Å². The van der Waals surface area contributed by atoms with Crippen LogP contribution in [0.3, 0.4) is 0 Å². The molecule has 0 fully saturated rings. The van der Waals surface area contributed by atoms with Gasteiger partial charge in [0, 0.05) is 21.5 Å². The van der Waals surface area contributed by atoms with Crippen LogP contribution in [0.25, 0.3) is 10.9 Å². The van der Waals surface area contributed by atoms with Crippen LogP contribution in [-0.4, -0.2) is 28.2 Å². The van der Waals surface area contributed by atoms with Gasteiger partial charge in [-0.15, -0.1) is 0 Å². The van der Waals surface area contributed by atoms with Crippen molar-refractivity contribution in [1.29, 1.82) is 0 Å². The molecule has 0 aliphatic rings. The number of pyridine rings is 1. The van der Waals surface area contributed by atoms with Crippen LogP contribution in [0.15, 0.2) is 84.9 Å². The first kappa shape index (κ1) is 23.9. The van der Waals surface area contributed by atoms with Gasteiger partial charge in [-0.1, -0.05) is 35.9 Å². The third kappa shape index (κ3) is 5.65. The Morgan fingerprint density at radius 3 is 2.11 bits per heavy atom. The highest BCUT2D eigenvalue weighted by Gasteiger charge is 2.30. The van der Waals surface area contributed by atoms with Crippen LogP contribution in [-0.2, 0) is 4.79 Å². The van der Waals surface area contributed by atoms with E-state index in [1.54, 1.807) is 80.6 Å². The molecule has 2 amide bonds. The van der Waals surface area contributed by atoms with Gasteiger partial charge in [0.25, 0.3) is 11.8 Å². The van der Waals surface area contributed by atoms with Crippen molar-refractivity contribution in [2.45, 2.75) is 19.4 Å². The molecule has 176 valence electrons. The molecule has 0 radical (unpaired) electrons. The Bertz CT molecular complexity index is 1400. The normalized spacial score (nSPS) is 11.1. The highest BCUT2D eigenvalue weighted by Crippen LogP contribution is 2.21. The maximum atomic E-state index is 12.7. The highest BCUT2D eigenvalue weighted by molar-refractivity contribution is 6.30. The van der Waals surface area contributed by atoms with Crippen LogP contribution in [0.4, 0.5) is 0 Å². The van der Waals surface area contributed by atoms with E-state index in [1.165, 1.54) is 0 Å². The number of nitrogens with zero attached hydrogens (tertiary/aromatic N) is 1. The molecule has 0 saturated carbocycles. The Morgan fingerprint density at radius 1 is 0.800 bits per heavy atom. The predicted octanol–water partition coefficient (Wildman–Crippen LogP) is 4.74. The second-order valence-corrected chi connectivity index (χ2v) is 8.71. The van der Waals surface area contributed by atoms with Crippen molar-refractivity contribution in [2.24, 2.45) is 0 Å². The number of hydrazine groups is 1. The third-order valence-electron chi connectivity index (χ3n) is 5.26. The minimum atomic E-state index is -1.31. The number of hydrogen-bond acceptors (Lipinski definition) is 5. The summed E-state index contributed by atoms with van der Waals surface area (Å²) >= 11 is 5.88. The van der Waals surface area contributed by atoms with E-state index in [-0.39, 0.29) is 11.5 Å². The van der Waals surface area contributed by atoms with E-state index in [4.69, 9.17) is 16.3 Å². The van der Waals surface area contributed by atoms with E-state index < -0.39 is 17.4 Å². The number of carbonyl (C=O) groups excluding carboxylic acids is 3. The molecule has 3 aromatic carbocycles. The number of hydrogen-bond donors (Lipinski definition) is 2. The van der Waals surface area contributed by atoms with Crippen LogP contribution < -0.4 is 15.6 Å². The maximum absolute atomic E-state index is 12.7. The molecule has 0 aliphatic carbocycles. The third-order valence-corrected chi connectivity index (χ3v) is 5.52. The van der Waals surface area contributed by atoms with Crippen LogP contribution in [0.2, 0.25) is 5.02 Å². The number of amides is 2. The minimum Gasteiger partial charge on any atom is -0.478 e. The number of ether oxygens (including phenoxy) is 1. The molecule has 8 heteroatoms. The summed E-state index contributed by atoms with van der Waals surface area (Å²) < 4.78 is 5.81. The Morgan fingerprint density at radius 2 is 1.43 bits per heavy atom. The van der Waals surface area contributed by atoms with Gasteiger partial charge in [-0.3, -0.25) is 25.2 Å². The highest BCUT2D eigenvalue weighted by atomic mass is 35.5. The lowest BCUT2D eigenvalue weighted by Gasteiger charge is -2.25. The zero-order valence-electron chi connectivity index (χ0n) is 19.0. The van der Waals surface area contributed by atoms with Crippen LogP contribution >= 0.6 is 11.6 Å². The topological polar surface area (TPSA) is 97.4 Å². The van der Waals surface area contributed by atoms with Gasteiger partial charge in [-0.05, 0) is 74.5 Å². The first-order chi connectivity index (χ1) is 16.7. The maximum Gasteiger partial charge on any atom is 0.288 e. The quantitative estimate of drug-likeness (QED) is 0.302. The molecular weight excluding hydrogens is 466 g/mol. The van der Waals surface area contributed by atoms with Crippen LogP contribution in [0.1, 0.15) is 40.3 Å². The largest absolute Gasteiger partial charge is 0.478 e. The Labute approximate surface area is 207 Å². The average Bonchev–Trinajstić information content (AvgIpc) is 2.87. The standard InChI is InChI=1S/C27H22ClN3O4/c1-27(2,26(34)31-30-25(33)23-16-11-17-5-3-4-6-22(17)29-23)35-21-14-9-19(10-15-21)24(32)18-7-12-20(28)13-8-18/h3-16H,1-2H3,(H,30,33)(H,31,34). The molecule has 0 atom stereocenters. The molecule has 0 unspecified atom stereocenters. The molecule has 4 aromatic rings. The number of benzene rings is 3. The molecule has 0 spiro atoms. The molecule has 0 aliphatic heterocycles. The number of fused-ring (bicyclic) bond motifs is 1. The zero-order chi connectivity index (χ0) is 25.0. The van der Waals surface area contributed by atoms with Gasteiger partial charge in [0.2, 0.25) is 0 Å². The fraction of sp³-hybridized carbons (Fsp3) is 0.111. The zero-order valence-corrected chi connectivity index (χ0v) is 19.8. The average molecular weight is 488 g/mol. The molecule has 4 rings (SSSR count). The van der Waals surface area contributed by atoms with E-state index in [0.29, 0.717) is 27.4 Å². The summed E-state index contributed by atoms with van der Waals surface area (Å²) in [7, 11) is 0. The van der Waals surface area contributed by atoms with Crippen molar-refractivity contribution in [3.63, 3.8) is 0 Å². The van der Waals surface area contributed by atoms with Gasteiger partial charge >= 0.3 is 0 Å². The lowest BCUT2D eigenvalue weighted by Crippen LogP contribution is -2.53. The van der Waals surface area contributed by atoms with Gasteiger partial charge in [0.15, 0.2) is 11.4 Å². The number of nitrogens with one attached hydrogen (secondary N) is 2. The molecule has 0 bridgehead atoms. The Kier molecular flexibility index (Phi) is 6.80. The number of carbonyl (C=O) groups is 3. The van der Waals surface area contributed by atoms with E-state index in [0.717, 1.165) is 5.39 Å². The van der Waals surface area contributed by atoms with Gasteiger partial charge in [0.05, 0.1) is 5.52 Å². The molecular formula is C27H22ClN3O4. The molecule has 1 aromatic heterocycles. The van der Waals surface area contributed by atoms with E-state index in [2.05, 4.69) is 15.8 Å². The number of aromatic nitrogens is 1. The number of ketones is 1. The number of halogens is 1. The van der Waals surface area contributed by atoms with Crippen molar-refractivity contribution in [3.05, 3.63) is 107 Å². The van der Waals surface area contributed by atoms with Gasteiger partial charge in [-0.25, -0.2) is 4.98 Å². The monoisotopic (exact) mass is 487 g/mol. The summed E-state index contributed by atoms with van der Waals surface area (Å²) in [6.45, 7) is 3.13. The lowest BCUT2D eigenvalue weighted by molar-refractivity contribution is -0.135. The lowest BCUT2D eigenvalue weighted by atomic mass is 10.0. The predicted molar refractivity (Wildman–Crippen MR) is 133 cm³/mol. The second kappa shape index (κ2) is 9.95. The molecule has 2 N–H and O–H groups in total. The van der Waals surface area contributed by atoms with Crippen molar-refractivity contribution in [3.8, 4) is 5.75 Å². The number of rotatable bonds is 6. The first-order valence-corrected chi connectivity index (χ1v) is 11.2. The summed E-state index contributed by atoms with van der Waals surface area (Å²) in [5.41, 5.74) is 5.26. The summed E-state index contributed by atoms with van der Waals surface area (Å²) in [5.74, 6) is -0.881. The van der Waals surface area contributed by atoms with E-state index >= 15 is 0 Å². The Hall–Kier alpha value is -4.23. The fourth-order valence-electron chi connectivity index (χ4n) is 3.30. The minimum absolute atomic E-state index is 0.157. The Balaban J connectivity index is 1.36. The summed E-state index contributed by atoms with van der Waals surface area (Å²) in [5, 5.41) is 1.46. The van der Waals surface area contributed by atoms with Crippen molar-refractivity contribution in [1.82, 2.24) is 15.8 Å². The number of para-hydroxylation sites is 1.